The molecule has 0 bridgehead atoms. The molecule has 0 aliphatic heterocycles. The Labute approximate surface area is 121 Å². The summed E-state index contributed by atoms with van der Waals surface area (Å²) in [6, 6.07) is 0. The molecule has 0 atom stereocenters. The van der Waals surface area contributed by atoms with Crippen LogP contribution < -0.4 is 11.2 Å². The molecule has 0 aliphatic rings. The van der Waals surface area contributed by atoms with Crippen molar-refractivity contribution in [1.29, 1.82) is 0 Å². The van der Waals surface area contributed by atoms with Crippen molar-refractivity contribution < 1.29 is 4.79 Å². The first-order valence-electron chi connectivity index (χ1n) is 6.54. The monoisotopic (exact) mass is 293 g/mol. The molecule has 0 saturated heterocycles. The van der Waals surface area contributed by atoms with Gasteiger partial charge in [0.2, 0.25) is 0 Å². The Morgan fingerprint density at radius 3 is 2.55 bits per heavy atom. The number of aromatic nitrogens is 2. The van der Waals surface area contributed by atoms with Crippen molar-refractivity contribution in [1.82, 2.24) is 20.6 Å². The van der Waals surface area contributed by atoms with Crippen LogP contribution >= 0.6 is 11.3 Å². The number of carbonyl (C=O) groups is 1. The molecule has 0 unspecified atom stereocenters. The van der Waals surface area contributed by atoms with Gasteiger partial charge in [0.15, 0.2) is 0 Å². The van der Waals surface area contributed by atoms with Gasteiger partial charge in [0.1, 0.15) is 9.71 Å². The topological polar surface area (TPSA) is 84.1 Å². The summed E-state index contributed by atoms with van der Waals surface area (Å²) in [5.74, 6) is -0.212. The van der Waals surface area contributed by atoms with Gasteiger partial charge >= 0.3 is 0 Å². The summed E-state index contributed by atoms with van der Waals surface area (Å²) >= 11 is 1.29. The van der Waals surface area contributed by atoms with Gasteiger partial charge in [-0.1, -0.05) is 13.8 Å². The molecule has 20 heavy (non-hydrogen) atoms. The Bertz CT molecular complexity index is 650. The highest BCUT2D eigenvalue weighted by atomic mass is 32.1. The summed E-state index contributed by atoms with van der Waals surface area (Å²) in [6.45, 7) is 4.10. The van der Waals surface area contributed by atoms with E-state index in [2.05, 4.69) is 22.5 Å². The van der Waals surface area contributed by atoms with E-state index in [1.165, 1.54) is 11.3 Å². The number of fused-ring (bicyclic) bond motifs is 1. The number of hydrazine groups is 1. The quantitative estimate of drug-likeness (QED) is 0.837. The zero-order chi connectivity index (χ0) is 14.9. The maximum atomic E-state index is 12.1. The van der Waals surface area contributed by atoms with E-state index in [-0.39, 0.29) is 5.91 Å². The van der Waals surface area contributed by atoms with E-state index >= 15 is 0 Å². The molecule has 2 rings (SSSR count). The van der Waals surface area contributed by atoms with Crippen LogP contribution in [0, 0.1) is 0 Å². The number of hydrogen-bond donors (Lipinski definition) is 2. The highest BCUT2D eigenvalue weighted by molar-refractivity contribution is 7.21. The lowest BCUT2D eigenvalue weighted by Gasteiger charge is -2.11. The predicted molar refractivity (Wildman–Crippen MR) is 81.7 cm³/mol. The fourth-order valence-electron chi connectivity index (χ4n) is 2.19. The van der Waals surface area contributed by atoms with Crippen LogP contribution in [-0.4, -0.2) is 35.2 Å². The normalized spacial score (nSPS) is 11.2. The van der Waals surface area contributed by atoms with Crippen molar-refractivity contribution in [2.24, 2.45) is 0 Å². The average molecular weight is 293 g/mol. The second kappa shape index (κ2) is 5.72. The number of aryl methyl sites for hydroxylation is 2. The van der Waals surface area contributed by atoms with E-state index in [9.17, 15) is 4.79 Å². The Morgan fingerprint density at radius 2 is 2.00 bits per heavy atom. The number of thiophene rings is 1. The number of rotatable bonds is 4. The van der Waals surface area contributed by atoms with Crippen LogP contribution in [0.3, 0.4) is 0 Å². The van der Waals surface area contributed by atoms with Crippen LogP contribution in [0.15, 0.2) is 0 Å². The molecule has 2 aromatic rings. The van der Waals surface area contributed by atoms with E-state index in [0.717, 1.165) is 34.3 Å². The number of hydrogen-bond acceptors (Lipinski definition) is 6. The third-order valence-corrected chi connectivity index (χ3v) is 4.15. The van der Waals surface area contributed by atoms with Gasteiger partial charge in [0, 0.05) is 19.5 Å². The molecule has 0 fully saturated rings. The van der Waals surface area contributed by atoms with Gasteiger partial charge in [0.25, 0.3) is 5.91 Å². The number of anilines is 1. The van der Waals surface area contributed by atoms with Gasteiger partial charge in [-0.2, -0.15) is 5.10 Å². The lowest BCUT2D eigenvalue weighted by atomic mass is 10.1. The molecule has 0 aliphatic carbocycles. The smallest absolute Gasteiger partial charge is 0.277 e. The standard InChI is InChI=1S/C13H19N5OS/c1-5-7-8(6-2)15-16-13-9(7)10(14)11(20-13)12(19)17-18(3)4/h5-6,14H2,1-4H3,(H,17,19). The summed E-state index contributed by atoms with van der Waals surface area (Å²) in [5, 5.41) is 10.9. The number of amides is 1. The molecule has 0 saturated carbocycles. The molecule has 2 heterocycles. The summed E-state index contributed by atoms with van der Waals surface area (Å²) in [5.41, 5.74) is 11.4. The van der Waals surface area contributed by atoms with E-state index < -0.39 is 0 Å². The summed E-state index contributed by atoms with van der Waals surface area (Å²) in [7, 11) is 3.52. The van der Waals surface area contributed by atoms with Gasteiger partial charge in [-0.15, -0.1) is 16.4 Å². The van der Waals surface area contributed by atoms with E-state index in [1.807, 2.05) is 6.92 Å². The van der Waals surface area contributed by atoms with Crippen molar-refractivity contribution in [3.63, 3.8) is 0 Å². The molecular weight excluding hydrogens is 274 g/mol. The van der Waals surface area contributed by atoms with Crippen LogP contribution in [-0.2, 0) is 12.8 Å². The van der Waals surface area contributed by atoms with Crippen LogP contribution in [0.1, 0.15) is 34.8 Å². The van der Waals surface area contributed by atoms with Gasteiger partial charge in [0.05, 0.1) is 11.4 Å². The molecule has 0 radical (unpaired) electrons. The van der Waals surface area contributed by atoms with Crippen LogP contribution in [0.25, 0.3) is 10.2 Å². The fraction of sp³-hybridized carbons (Fsp3) is 0.462. The molecule has 0 spiro atoms. The summed E-state index contributed by atoms with van der Waals surface area (Å²) < 4.78 is 0. The number of nitrogen functional groups attached to an aromatic ring is 1. The molecule has 108 valence electrons. The highest BCUT2D eigenvalue weighted by Gasteiger charge is 2.21. The first-order chi connectivity index (χ1) is 9.49. The fourth-order valence-corrected chi connectivity index (χ4v) is 3.15. The maximum Gasteiger partial charge on any atom is 0.277 e. The summed E-state index contributed by atoms with van der Waals surface area (Å²) in [6.07, 6.45) is 1.63. The Kier molecular flexibility index (Phi) is 4.20. The first-order valence-corrected chi connectivity index (χ1v) is 7.35. The molecule has 0 aromatic carbocycles. The number of nitrogens with zero attached hydrogens (tertiary/aromatic N) is 3. The van der Waals surface area contributed by atoms with Gasteiger partial charge in [-0.25, -0.2) is 5.01 Å². The second-order valence-electron chi connectivity index (χ2n) is 4.69. The van der Waals surface area contributed by atoms with Crippen molar-refractivity contribution >= 4 is 33.1 Å². The molecule has 3 N–H and O–H groups in total. The molecule has 7 heteroatoms. The molecule has 2 aromatic heterocycles. The molecular formula is C13H19N5OS. The number of nitrogens with two attached hydrogens (primary N) is 1. The highest BCUT2D eigenvalue weighted by Crippen LogP contribution is 2.35. The minimum absolute atomic E-state index is 0.212. The van der Waals surface area contributed by atoms with Crippen LogP contribution in [0.2, 0.25) is 0 Å². The lowest BCUT2D eigenvalue weighted by molar-refractivity contribution is 0.0862. The Balaban J connectivity index is 2.61. The van der Waals surface area contributed by atoms with Crippen LogP contribution in [0.5, 0.6) is 0 Å². The zero-order valence-corrected chi connectivity index (χ0v) is 13.0. The van der Waals surface area contributed by atoms with Gasteiger partial charge < -0.3 is 5.73 Å². The molecule has 1 amide bonds. The first kappa shape index (κ1) is 14.7. The maximum absolute atomic E-state index is 12.1. The largest absolute Gasteiger partial charge is 0.397 e. The average Bonchev–Trinajstić information content (AvgIpc) is 2.74. The Hall–Kier alpha value is -1.73. The number of nitrogens with one attached hydrogen (secondary N) is 1. The third-order valence-electron chi connectivity index (χ3n) is 3.06. The SMILES string of the molecule is CCc1nnc2sc(C(=O)NN(C)C)c(N)c2c1CC. The number of carbonyl (C=O) groups excluding carboxylic acids is 1. The lowest BCUT2D eigenvalue weighted by Crippen LogP contribution is -2.35. The second-order valence-corrected chi connectivity index (χ2v) is 5.69. The van der Waals surface area contributed by atoms with Gasteiger partial charge in [-0.3, -0.25) is 10.2 Å². The zero-order valence-electron chi connectivity index (χ0n) is 12.1. The van der Waals surface area contributed by atoms with Crippen molar-refractivity contribution in [2.75, 3.05) is 19.8 Å². The van der Waals surface area contributed by atoms with Gasteiger partial charge in [-0.05, 0) is 18.4 Å². The van der Waals surface area contributed by atoms with Crippen LogP contribution in [0.4, 0.5) is 5.69 Å². The van der Waals surface area contributed by atoms with Crippen molar-refractivity contribution in [2.45, 2.75) is 26.7 Å². The van der Waals surface area contributed by atoms with E-state index in [4.69, 9.17) is 5.73 Å². The molecule has 6 nitrogen and oxygen atoms in total. The predicted octanol–water partition coefficient (Wildman–Crippen LogP) is 1.60. The summed E-state index contributed by atoms with van der Waals surface area (Å²) in [4.78, 5) is 13.3. The van der Waals surface area contributed by atoms with E-state index in [0.29, 0.717) is 10.6 Å². The van der Waals surface area contributed by atoms with Crippen molar-refractivity contribution in [3.8, 4) is 0 Å². The van der Waals surface area contributed by atoms with E-state index in [1.54, 1.807) is 19.1 Å². The van der Waals surface area contributed by atoms with Crippen molar-refractivity contribution in [3.05, 3.63) is 16.1 Å². The minimum Gasteiger partial charge on any atom is -0.397 e. The minimum atomic E-state index is -0.212. The third kappa shape index (κ3) is 2.46. The Morgan fingerprint density at radius 1 is 1.30 bits per heavy atom.